The molecule has 1 aromatic carbocycles. The largest absolute Gasteiger partial charge is 0.361 e. The summed E-state index contributed by atoms with van der Waals surface area (Å²) in [7, 11) is -3.44. The number of hydrogen-bond acceptors (Lipinski definition) is 3. The van der Waals surface area contributed by atoms with Crippen LogP contribution in [0.15, 0.2) is 30.5 Å². The lowest BCUT2D eigenvalue weighted by molar-refractivity contribution is -0.131. The monoisotopic (exact) mass is 351 g/mol. The van der Waals surface area contributed by atoms with Crippen LogP contribution in [0, 0.1) is 0 Å². The Balaban J connectivity index is 2.11. The summed E-state index contributed by atoms with van der Waals surface area (Å²) in [5.74, 6) is -0.163. The van der Waals surface area contributed by atoms with Gasteiger partial charge in [-0.1, -0.05) is 18.2 Å². The number of likely N-dealkylation sites (N-methyl/N-ethyl adjacent to an activating group) is 1. The molecule has 0 fully saturated rings. The van der Waals surface area contributed by atoms with E-state index in [-0.39, 0.29) is 19.0 Å². The highest BCUT2D eigenvalue weighted by Crippen LogP contribution is 2.18. The molecule has 1 aromatic heterocycles. The molecule has 24 heavy (non-hydrogen) atoms. The Labute approximate surface area is 143 Å². The Kier molecular flexibility index (Phi) is 6.01. The number of amides is 1. The lowest BCUT2D eigenvalue weighted by Gasteiger charge is -2.24. The quantitative estimate of drug-likeness (QED) is 0.789. The minimum absolute atomic E-state index is 0.108. The van der Waals surface area contributed by atoms with E-state index in [1.54, 1.807) is 4.90 Å². The van der Waals surface area contributed by atoms with Crippen LogP contribution in [-0.2, 0) is 21.2 Å². The maximum Gasteiger partial charge on any atom is 0.237 e. The molecule has 0 radical (unpaired) electrons. The molecular formula is C17H25N3O3S. The van der Waals surface area contributed by atoms with E-state index in [1.165, 1.54) is 4.31 Å². The van der Waals surface area contributed by atoms with E-state index in [0.29, 0.717) is 19.5 Å². The second-order valence-electron chi connectivity index (χ2n) is 5.77. The molecule has 0 unspecified atom stereocenters. The van der Waals surface area contributed by atoms with Gasteiger partial charge >= 0.3 is 0 Å². The van der Waals surface area contributed by atoms with Crippen molar-refractivity contribution in [2.75, 3.05) is 32.4 Å². The van der Waals surface area contributed by atoms with Crippen LogP contribution < -0.4 is 0 Å². The molecule has 0 aliphatic heterocycles. The molecule has 0 spiro atoms. The number of aromatic amines is 1. The van der Waals surface area contributed by atoms with E-state index in [2.05, 4.69) is 4.98 Å². The first-order valence-corrected chi connectivity index (χ1v) is 9.99. The number of fused-ring (bicyclic) bond motifs is 1. The van der Waals surface area contributed by atoms with Crippen molar-refractivity contribution in [1.29, 1.82) is 0 Å². The van der Waals surface area contributed by atoms with E-state index >= 15 is 0 Å². The highest BCUT2D eigenvalue weighted by atomic mass is 32.2. The number of sulfonamides is 1. The van der Waals surface area contributed by atoms with Crippen LogP contribution in [0.5, 0.6) is 0 Å². The standard InChI is InChI=1S/C17H25N3O3S/c1-4-19(5-2)17(21)13-20(24(3,22)23)11-10-14-12-18-16-9-7-6-8-15(14)16/h6-9,12,18H,4-5,10-11,13H2,1-3H3. The summed E-state index contributed by atoms with van der Waals surface area (Å²) in [4.78, 5) is 17.1. The Morgan fingerprint density at radius 3 is 2.46 bits per heavy atom. The van der Waals surface area contributed by atoms with Crippen molar-refractivity contribution in [3.8, 4) is 0 Å². The highest BCUT2D eigenvalue weighted by Gasteiger charge is 2.22. The van der Waals surface area contributed by atoms with Crippen molar-refractivity contribution >= 4 is 26.8 Å². The second kappa shape index (κ2) is 7.81. The molecule has 0 atom stereocenters. The predicted octanol–water partition coefficient (Wildman–Crippen LogP) is 1.84. The summed E-state index contributed by atoms with van der Waals surface area (Å²) < 4.78 is 25.3. The first kappa shape index (κ1) is 18.5. The van der Waals surface area contributed by atoms with Gasteiger partial charge in [0.05, 0.1) is 12.8 Å². The number of benzene rings is 1. The summed E-state index contributed by atoms with van der Waals surface area (Å²) in [6.07, 6.45) is 3.61. The molecule has 0 saturated heterocycles. The van der Waals surface area contributed by atoms with Gasteiger partial charge in [-0.2, -0.15) is 4.31 Å². The first-order valence-electron chi connectivity index (χ1n) is 8.14. The third-order valence-electron chi connectivity index (χ3n) is 4.20. The molecule has 7 heteroatoms. The SMILES string of the molecule is CCN(CC)C(=O)CN(CCc1c[nH]c2ccccc12)S(C)(=O)=O. The van der Waals surface area contributed by atoms with Gasteiger partial charge in [0.1, 0.15) is 0 Å². The third-order valence-corrected chi connectivity index (χ3v) is 5.45. The van der Waals surface area contributed by atoms with Gasteiger partial charge in [-0.15, -0.1) is 0 Å². The molecule has 1 amide bonds. The van der Waals surface area contributed by atoms with Crippen molar-refractivity contribution in [2.24, 2.45) is 0 Å². The number of H-pyrrole nitrogens is 1. The van der Waals surface area contributed by atoms with Gasteiger partial charge in [0.2, 0.25) is 15.9 Å². The van der Waals surface area contributed by atoms with Crippen LogP contribution in [-0.4, -0.2) is 60.9 Å². The molecule has 2 aromatic rings. The van der Waals surface area contributed by atoms with Crippen LogP contribution in [0.1, 0.15) is 19.4 Å². The molecule has 0 aliphatic carbocycles. The zero-order valence-electron chi connectivity index (χ0n) is 14.4. The van der Waals surface area contributed by atoms with E-state index in [0.717, 1.165) is 22.7 Å². The summed E-state index contributed by atoms with van der Waals surface area (Å²) in [6, 6.07) is 7.90. The number of rotatable bonds is 8. The van der Waals surface area contributed by atoms with E-state index in [4.69, 9.17) is 0 Å². The second-order valence-corrected chi connectivity index (χ2v) is 7.75. The molecule has 2 rings (SSSR count). The Hall–Kier alpha value is -1.86. The Morgan fingerprint density at radius 2 is 1.83 bits per heavy atom. The average Bonchev–Trinajstić information content (AvgIpc) is 2.94. The summed E-state index contributed by atoms with van der Waals surface area (Å²) in [6.45, 7) is 5.11. The molecule has 132 valence electrons. The summed E-state index contributed by atoms with van der Waals surface area (Å²) in [5, 5.41) is 1.08. The van der Waals surface area contributed by atoms with Gasteiger partial charge in [-0.3, -0.25) is 4.79 Å². The first-order chi connectivity index (χ1) is 11.4. The van der Waals surface area contributed by atoms with Gasteiger partial charge in [0.15, 0.2) is 0 Å². The zero-order valence-corrected chi connectivity index (χ0v) is 15.3. The van der Waals surface area contributed by atoms with Crippen LogP contribution >= 0.6 is 0 Å². The average molecular weight is 351 g/mol. The molecule has 1 heterocycles. The number of carbonyl (C=O) groups excluding carboxylic acids is 1. The van der Waals surface area contributed by atoms with Crippen molar-refractivity contribution in [3.63, 3.8) is 0 Å². The van der Waals surface area contributed by atoms with Gasteiger partial charge in [-0.25, -0.2) is 8.42 Å². The summed E-state index contributed by atoms with van der Waals surface area (Å²) in [5.41, 5.74) is 2.08. The lowest BCUT2D eigenvalue weighted by Crippen LogP contribution is -2.43. The maximum absolute atomic E-state index is 12.2. The van der Waals surface area contributed by atoms with E-state index in [9.17, 15) is 13.2 Å². The Bertz CT molecular complexity index is 794. The number of aromatic nitrogens is 1. The normalized spacial score (nSPS) is 12.0. The number of nitrogens with one attached hydrogen (secondary N) is 1. The minimum atomic E-state index is -3.44. The highest BCUT2D eigenvalue weighted by molar-refractivity contribution is 7.88. The minimum Gasteiger partial charge on any atom is -0.361 e. The van der Waals surface area contributed by atoms with Crippen molar-refractivity contribution < 1.29 is 13.2 Å². The molecular weight excluding hydrogens is 326 g/mol. The molecule has 0 bridgehead atoms. The van der Waals surface area contributed by atoms with Gasteiger partial charge < -0.3 is 9.88 Å². The van der Waals surface area contributed by atoms with E-state index < -0.39 is 10.0 Å². The van der Waals surface area contributed by atoms with Crippen LogP contribution in [0.4, 0.5) is 0 Å². The van der Waals surface area contributed by atoms with E-state index in [1.807, 2.05) is 44.3 Å². The van der Waals surface area contributed by atoms with Crippen LogP contribution in [0.25, 0.3) is 10.9 Å². The predicted molar refractivity (Wildman–Crippen MR) is 96.3 cm³/mol. The molecule has 0 saturated carbocycles. The van der Waals surface area contributed by atoms with Crippen molar-refractivity contribution in [2.45, 2.75) is 20.3 Å². The molecule has 0 aliphatic rings. The van der Waals surface area contributed by atoms with Crippen molar-refractivity contribution in [1.82, 2.24) is 14.2 Å². The zero-order chi connectivity index (χ0) is 17.7. The van der Waals surface area contributed by atoms with Crippen LogP contribution in [0.2, 0.25) is 0 Å². The van der Waals surface area contributed by atoms with Gasteiger partial charge in [0.25, 0.3) is 0 Å². The molecule has 6 nitrogen and oxygen atoms in total. The molecule has 1 N–H and O–H groups in total. The number of para-hydroxylation sites is 1. The van der Waals surface area contributed by atoms with Gasteiger partial charge in [-0.05, 0) is 31.9 Å². The smallest absolute Gasteiger partial charge is 0.237 e. The number of carbonyl (C=O) groups is 1. The Morgan fingerprint density at radius 1 is 1.17 bits per heavy atom. The fourth-order valence-corrected chi connectivity index (χ4v) is 3.54. The number of hydrogen-bond donors (Lipinski definition) is 1. The third kappa shape index (κ3) is 4.36. The topological polar surface area (TPSA) is 73.5 Å². The number of nitrogens with zero attached hydrogens (tertiary/aromatic N) is 2. The fraction of sp³-hybridized carbons (Fsp3) is 0.471. The van der Waals surface area contributed by atoms with Crippen molar-refractivity contribution in [3.05, 3.63) is 36.0 Å². The summed E-state index contributed by atoms with van der Waals surface area (Å²) >= 11 is 0. The maximum atomic E-state index is 12.2. The fourth-order valence-electron chi connectivity index (χ4n) is 2.77. The lowest BCUT2D eigenvalue weighted by atomic mass is 10.1. The van der Waals surface area contributed by atoms with Crippen LogP contribution in [0.3, 0.4) is 0 Å². The van der Waals surface area contributed by atoms with Gasteiger partial charge in [0, 0.05) is 36.7 Å².